The molecule has 2 amide bonds. The molecule has 2 rings (SSSR count). The van der Waals surface area contributed by atoms with Crippen molar-refractivity contribution in [1.29, 1.82) is 0 Å². The summed E-state index contributed by atoms with van der Waals surface area (Å²) in [6.07, 6.45) is -18.2. The smallest absolute Gasteiger partial charge is 0.422 e. The van der Waals surface area contributed by atoms with Gasteiger partial charge < -0.3 is 40.2 Å². The number of carbonyl (C=O) groups excluding carboxylic acids is 2. The standard InChI is InChI=1S/C30H34F12N4O6/c31-27(32,33)15-49-19-3-5-23(51-17-29(37,38)39)21(13-19)25(47)45-9-1-7-43-11-12-44-8-2-10-46-26(48)22-14-20(50-16-28(34,35)36)4-6-24(22)52-18-30(40,41)42/h3-6,13-14,43-44H,1-2,7-12,15-18H2,(H,45,47)(H,46,48). The number of benzene rings is 2. The molecule has 0 aliphatic heterocycles. The molecule has 294 valence electrons. The molecular weight excluding hydrogens is 740 g/mol. The van der Waals surface area contributed by atoms with Crippen LogP contribution in [0.4, 0.5) is 52.7 Å². The topological polar surface area (TPSA) is 119 Å². The van der Waals surface area contributed by atoms with Gasteiger partial charge in [0, 0.05) is 26.2 Å². The maximum Gasteiger partial charge on any atom is 0.422 e. The van der Waals surface area contributed by atoms with Crippen LogP contribution in [0.25, 0.3) is 0 Å². The summed E-state index contributed by atoms with van der Waals surface area (Å²) < 4.78 is 169. The van der Waals surface area contributed by atoms with Gasteiger partial charge in [0.25, 0.3) is 11.8 Å². The first-order valence-electron chi connectivity index (χ1n) is 15.2. The highest BCUT2D eigenvalue weighted by Crippen LogP contribution is 2.29. The van der Waals surface area contributed by atoms with Crippen LogP contribution in [-0.2, 0) is 0 Å². The van der Waals surface area contributed by atoms with Gasteiger partial charge in [-0.15, -0.1) is 0 Å². The Morgan fingerprint density at radius 1 is 0.462 bits per heavy atom. The number of hydrogen-bond acceptors (Lipinski definition) is 8. The second kappa shape index (κ2) is 20.0. The molecule has 0 radical (unpaired) electrons. The first kappa shape index (κ1) is 43.8. The highest BCUT2D eigenvalue weighted by Gasteiger charge is 2.32. The van der Waals surface area contributed by atoms with Crippen LogP contribution in [0, 0.1) is 0 Å². The number of rotatable bonds is 21. The van der Waals surface area contributed by atoms with E-state index in [1.54, 1.807) is 0 Å². The Hall–Kier alpha value is -4.34. The third kappa shape index (κ3) is 19.3. The fraction of sp³-hybridized carbons (Fsp3) is 0.533. The molecule has 0 heterocycles. The molecule has 22 heteroatoms. The van der Waals surface area contributed by atoms with Gasteiger partial charge in [0.05, 0.1) is 11.1 Å². The average molecular weight is 775 g/mol. The number of alkyl halides is 12. The summed E-state index contributed by atoms with van der Waals surface area (Å²) in [5.41, 5.74) is -0.924. The Kier molecular flexibility index (Phi) is 16.9. The minimum atomic E-state index is -4.74. The second-order valence-corrected chi connectivity index (χ2v) is 10.7. The molecule has 2 aromatic rings. The van der Waals surface area contributed by atoms with E-state index < -0.39 is 97.1 Å². The Labute approximate surface area is 288 Å². The van der Waals surface area contributed by atoms with E-state index >= 15 is 0 Å². The zero-order valence-corrected chi connectivity index (χ0v) is 26.9. The van der Waals surface area contributed by atoms with Gasteiger partial charge in [-0.1, -0.05) is 0 Å². The van der Waals surface area contributed by atoms with Crippen molar-refractivity contribution in [3.05, 3.63) is 47.5 Å². The quantitative estimate of drug-likeness (QED) is 0.0962. The Bertz CT molecular complexity index is 1310. The van der Waals surface area contributed by atoms with Crippen LogP contribution in [0.2, 0.25) is 0 Å². The number of carbonyl (C=O) groups is 2. The van der Waals surface area contributed by atoms with Crippen LogP contribution in [0.3, 0.4) is 0 Å². The molecule has 4 N–H and O–H groups in total. The first-order valence-corrected chi connectivity index (χ1v) is 15.2. The molecule has 0 unspecified atom stereocenters. The molecule has 0 atom stereocenters. The van der Waals surface area contributed by atoms with Crippen molar-refractivity contribution in [3.63, 3.8) is 0 Å². The van der Waals surface area contributed by atoms with Gasteiger partial charge in [-0.2, -0.15) is 52.7 Å². The Balaban J connectivity index is 1.72. The third-order valence-electron chi connectivity index (χ3n) is 6.09. The molecule has 0 spiro atoms. The molecule has 0 fully saturated rings. The van der Waals surface area contributed by atoms with Gasteiger partial charge >= 0.3 is 24.7 Å². The number of halogens is 12. The van der Waals surface area contributed by atoms with E-state index in [-0.39, 0.29) is 13.1 Å². The van der Waals surface area contributed by atoms with Crippen LogP contribution in [-0.4, -0.2) is 102 Å². The lowest BCUT2D eigenvalue weighted by molar-refractivity contribution is -0.154. The highest BCUT2D eigenvalue weighted by molar-refractivity contribution is 5.98. The minimum absolute atomic E-state index is 0.0334. The zero-order chi connectivity index (χ0) is 39.0. The van der Waals surface area contributed by atoms with Crippen molar-refractivity contribution in [2.45, 2.75) is 37.5 Å². The van der Waals surface area contributed by atoms with Crippen molar-refractivity contribution in [2.75, 3.05) is 65.7 Å². The van der Waals surface area contributed by atoms with Crippen LogP contribution in [0.15, 0.2) is 36.4 Å². The normalized spacial score (nSPS) is 12.3. The molecule has 52 heavy (non-hydrogen) atoms. The van der Waals surface area contributed by atoms with Gasteiger partial charge in [-0.05, 0) is 62.3 Å². The number of amides is 2. The number of hydrogen-bond donors (Lipinski definition) is 4. The van der Waals surface area contributed by atoms with Gasteiger partial charge in [0.2, 0.25) is 0 Å². The monoisotopic (exact) mass is 774 g/mol. The summed E-state index contributed by atoms with van der Waals surface area (Å²) in [5, 5.41) is 10.9. The second-order valence-electron chi connectivity index (χ2n) is 10.7. The van der Waals surface area contributed by atoms with E-state index in [4.69, 9.17) is 0 Å². The van der Waals surface area contributed by atoms with E-state index in [2.05, 4.69) is 40.2 Å². The van der Waals surface area contributed by atoms with E-state index in [0.29, 0.717) is 39.0 Å². The van der Waals surface area contributed by atoms with E-state index in [1.165, 1.54) is 0 Å². The van der Waals surface area contributed by atoms with Crippen molar-refractivity contribution in [2.24, 2.45) is 0 Å². The van der Waals surface area contributed by atoms with Crippen molar-refractivity contribution >= 4 is 11.8 Å². The summed E-state index contributed by atoms with van der Waals surface area (Å²) in [6.45, 7) is -5.19. The highest BCUT2D eigenvalue weighted by atomic mass is 19.4. The van der Waals surface area contributed by atoms with Crippen molar-refractivity contribution < 1.29 is 81.2 Å². The van der Waals surface area contributed by atoms with Crippen LogP contribution < -0.4 is 40.2 Å². The van der Waals surface area contributed by atoms with Gasteiger partial charge in [0.1, 0.15) is 23.0 Å². The molecule has 0 bridgehead atoms. The van der Waals surface area contributed by atoms with Gasteiger partial charge in [0.15, 0.2) is 26.4 Å². The van der Waals surface area contributed by atoms with Crippen LogP contribution in [0.1, 0.15) is 33.6 Å². The molecule has 2 aromatic carbocycles. The van der Waals surface area contributed by atoms with E-state index in [9.17, 15) is 62.3 Å². The summed E-state index contributed by atoms with van der Waals surface area (Å²) in [5.74, 6) is -3.66. The first-order chi connectivity index (χ1) is 24.1. The lowest BCUT2D eigenvalue weighted by atomic mass is 10.1. The maximum atomic E-state index is 12.6. The summed E-state index contributed by atoms with van der Waals surface area (Å²) >= 11 is 0. The average Bonchev–Trinajstić information content (AvgIpc) is 3.03. The van der Waals surface area contributed by atoms with Crippen molar-refractivity contribution in [1.82, 2.24) is 21.3 Å². The molecule has 0 saturated heterocycles. The fourth-order valence-electron chi connectivity index (χ4n) is 3.90. The summed E-state index contributed by atoms with van der Waals surface area (Å²) in [4.78, 5) is 25.2. The molecule has 0 saturated carbocycles. The summed E-state index contributed by atoms with van der Waals surface area (Å²) in [7, 11) is 0. The van der Waals surface area contributed by atoms with Crippen LogP contribution in [0.5, 0.6) is 23.0 Å². The Morgan fingerprint density at radius 2 is 0.788 bits per heavy atom. The largest absolute Gasteiger partial charge is 0.484 e. The van der Waals surface area contributed by atoms with Gasteiger partial charge in [-0.3, -0.25) is 9.59 Å². The lowest BCUT2D eigenvalue weighted by Crippen LogP contribution is -2.32. The fourth-order valence-corrected chi connectivity index (χ4v) is 3.90. The maximum absolute atomic E-state index is 12.6. The predicted octanol–water partition coefficient (Wildman–Crippen LogP) is 5.57. The number of nitrogens with one attached hydrogen (secondary N) is 4. The van der Waals surface area contributed by atoms with Gasteiger partial charge in [-0.25, -0.2) is 0 Å². The molecule has 0 aromatic heterocycles. The van der Waals surface area contributed by atoms with Crippen molar-refractivity contribution in [3.8, 4) is 23.0 Å². The minimum Gasteiger partial charge on any atom is -0.484 e. The SMILES string of the molecule is O=C(NCCCNCCNCCCNC(=O)c1cc(OCC(F)(F)F)ccc1OCC(F)(F)F)c1cc(OCC(F)(F)F)ccc1OCC(F)(F)F. The number of ether oxygens (including phenoxy) is 4. The molecule has 0 aliphatic carbocycles. The predicted molar refractivity (Wildman–Crippen MR) is 159 cm³/mol. The lowest BCUT2D eigenvalue weighted by Gasteiger charge is -2.15. The van der Waals surface area contributed by atoms with E-state index in [1.807, 2.05) is 0 Å². The molecule has 0 aliphatic rings. The third-order valence-corrected chi connectivity index (χ3v) is 6.09. The zero-order valence-electron chi connectivity index (χ0n) is 26.9. The molecular formula is C30H34F12N4O6. The molecule has 10 nitrogen and oxygen atoms in total. The van der Waals surface area contributed by atoms with E-state index in [0.717, 1.165) is 36.4 Å². The Morgan fingerprint density at radius 3 is 1.12 bits per heavy atom. The summed E-state index contributed by atoms with van der Waals surface area (Å²) in [6, 6.07) is 5.32. The van der Waals surface area contributed by atoms with Crippen LogP contribution >= 0.6 is 0 Å².